The molecule has 2 rings (SSSR count). The lowest BCUT2D eigenvalue weighted by Crippen LogP contribution is -2.49. The third kappa shape index (κ3) is 8.71. The van der Waals surface area contributed by atoms with Crippen molar-refractivity contribution in [2.75, 3.05) is 25.4 Å². The molecule has 1 atom stereocenters. The molecule has 32 heavy (non-hydrogen) atoms. The van der Waals surface area contributed by atoms with E-state index in [1.54, 1.807) is 11.8 Å². The first-order valence-electron chi connectivity index (χ1n) is 10.6. The van der Waals surface area contributed by atoms with Crippen LogP contribution >= 0.6 is 0 Å². The quantitative estimate of drug-likeness (QED) is 0.399. The second-order valence-corrected chi connectivity index (χ2v) is 10.5. The number of unbranched alkanes of at least 4 members (excludes halogenated alkanes) is 2. The molecule has 0 aromatic heterocycles. The zero-order chi connectivity index (χ0) is 23.9. The fourth-order valence-corrected chi connectivity index (χ4v) is 4.51. The zero-order valence-corrected chi connectivity index (χ0v) is 19.5. The molecule has 0 spiro atoms. The molecule has 1 fully saturated rings. The van der Waals surface area contributed by atoms with Crippen molar-refractivity contribution in [3.63, 3.8) is 0 Å². The van der Waals surface area contributed by atoms with Crippen LogP contribution in [-0.4, -0.2) is 61.4 Å². The Kier molecular flexibility index (Phi) is 8.99. The van der Waals surface area contributed by atoms with Gasteiger partial charge in [0.05, 0.1) is 11.4 Å². The number of carbonyl (C=O) groups excluding carboxylic acids is 2. The fourth-order valence-electron chi connectivity index (χ4n) is 3.13. The highest BCUT2D eigenvalue weighted by molar-refractivity contribution is 7.89. The van der Waals surface area contributed by atoms with Gasteiger partial charge in [-0.3, -0.25) is 10.1 Å². The molecule has 1 saturated heterocycles. The molecule has 1 aliphatic heterocycles. The number of imide groups is 1. The van der Waals surface area contributed by atoms with Gasteiger partial charge in [0.25, 0.3) is 0 Å². The lowest BCUT2D eigenvalue weighted by atomic mass is 10.1. The van der Waals surface area contributed by atoms with Crippen molar-refractivity contribution in [3.05, 3.63) is 29.6 Å². The molecule has 1 aromatic carbocycles. The minimum atomic E-state index is -3.57. The molecule has 180 valence electrons. The number of halogens is 1. The van der Waals surface area contributed by atoms with Gasteiger partial charge in [-0.25, -0.2) is 22.3 Å². The zero-order valence-electron chi connectivity index (χ0n) is 18.7. The minimum absolute atomic E-state index is 0.0564. The van der Waals surface area contributed by atoms with E-state index in [1.807, 2.05) is 0 Å². The molecule has 0 saturated carbocycles. The SMILES string of the molecule is CC(NS(=O)(=O)CCCCCN1CCC(=O)NC1=O)c1ccc(F)c(OCC(C)(C)O)c1. The standard InChI is InChI=1S/C21H32FN3O6S/c1-15(16-7-8-17(22)18(13-16)31-14-21(2,3)28)24-32(29,30)12-6-4-5-10-25-11-9-19(26)23-20(25)27/h7-8,13,15,24,28H,4-6,9-12,14H2,1-3H3,(H,23,26,27). The Morgan fingerprint density at radius 2 is 2.00 bits per heavy atom. The van der Waals surface area contributed by atoms with Gasteiger partial charge in [-0.05, 0) is 51.3 Å². The van der Waals surface area contributed by atoms with Gasteiger partial charge in [-0.15, -0.1) is 0 Å². The number of benzene rings is 1. The Morgan fingerprint density at radius 3 is 2.66 bits per heavy atom. The third-order valence-electron chi connectivity index (χ3n) is 4.88. The van der Waals surface area contributed by atoms with Gasteiger partial charge in [-0.2, -0.15) is 0 Å². The molecule has 1 aliphatic rings. The Bertz CT molecular complexity index is 917. The summed E-state index contributed by atoms with van der Waals surface area (Å²) in [5.74, 6) is -1.01. The van der Waals surface area contributed by atoms with Crippen LogP contribution in [-0.2, 0) is 14.8 Å². The normalized spacial score (nSPS) is 16.1. The van der Waals surface area contributed by atoms with Crippen LogP contribution in [0.1, 0.15) is 58.1 Å². The summed E-state index contributed by atoms with van der Waals surface area (Å²) in [7, 11) is -3.57. The first kappa shape index (κ1) is 26.0. The van der Waals surface area contributed by atoms with Crippen LogP contribution in [0.15, 0.2) is 18.2 Å². The van der Waals surface area contributed by atoms with Crippen molar-refractivity contribution < 1.29 is 32.2 Å². The van der Waals surface area contributed by atoms with Crippen LogP contribution in [0.2, 0.25) is 0 Å². The largest absolute Gasteiger partial charge is 0.488 e. The van der Waals surface area contributed by atoms with Gasteiger partial charge in [0, 0.05) is 25.6 Å². The molecular formula is C21H32FN3O6S. The first-order chi connectivity index (χ1) is 14.9. The number of urea groups is 1. The van der Waals surface area contributed by atoms with Crippen LogP contribution in [0.25, 0.3) is 0 Å². The maximum Gasteiger partial charge on any atom is 0.324 e. The Morgan fingerprint density at radius 1 is 1.28 bits per heavy atom. The fraction of sp³-hybridized carbons (Fsp3) is 0.619. The highest BCUT2D eigenvalue weighted by atomic mass is 32.2. The van der Waals surface area contributed by atoms with Gasteiger partial charge < -0.3 is 14.7 Å². The smallest absolute Gasteiger partial charge is 0.324 e. The number of aliphatic hydroxyl groups is 1. The maximum atomic E-state index is 14.0. The molecule has 9 nitrogen and oxygen atoms in total. The van der Waals surface area contributed by atoms with Crippen LogP contribution in [0, 0.1) is 5.82 Å². The number of amides is 3. The molecule has 0 aliphatic carbocycles. The van der Waals surface area contributed by atoms with Crippen molar-refractivity contribution >= 4 is 22.0 Å². The predicted molar refractivity (Wildman–Crippen MR) is 117 cm³/mol. The van der Waals surface area contributed by atoms with E-state index in [9.17, 15) is 27.5 Å². The lowest BCUT2D eigenvalue weighted by molar-refractivity contribution is -0.121. The van der Waals surface area contributed by atoms with E-state index in [-0.39, 0.29) is 30.4 Å². The Balaban J connectivity index is 1.80. The second kappa shape index (κ2) is 11.1. The number of nitrogens with one attached hydrogen (secondary N) is 2. The summed E-state index contributed by atoms with van der Waals surface area (Å²) in [6.07, 6.45) is 1.93. The number of hydrogen-bond donors (Lipinski definition) is 3. The average molecular weight is 474 g/mol. The number of hydrogen-bond acceptors (Lipinski definition) is 6. The topological polar surface area (TPSA) is 125 Å². The number of carbonyl (C=O) groups is 2. The van der Waals surface area contributed by atoms with Gasteiger partial charge in [0.1, 0.15) is 6.61 Å². The number of rotatable bonds is 12. The molecule has 1 heterocycles. The monoisotopic (exact) mass is 473 g/mol. The van der Waals surface area contributed by atoms with E-state index in [1.165, 1.54) is 32.0 Å². The van der Waals surface area contributed by atoms with Gasteiger partial charge >= 0.3 is 6.03 Å². The summed E-state index contributed by atoms with van der Waals surface area (Å²) >= 11 is 0. The highest BCUT2D eigenvalue weighted by Crippen LogP contribution is 2.24. The van der Waals surface area contributed by atoms with Crippen molar-refractivity contribution in [2.45, 2.75) is 58.1 Å². The summed E-state index contributed by atoms with van der Waals surface area (Å²) in [6, 6.07) is 3.09. The minimum Gasteiger partial charge on any atom is -0.488 e. The summed E-state index contributed by atoms with van der Waals surface area (Å²) in [4.78, 5) is 24.3. The van der Waals surface area contributed by atoms with E-state index in [2.05, 4.69) is 10.0 Å². The van der Waals surface area contributed by atoms with E-state index in [0.29, 0.717) is 37.9 Å². The molecule has 3 N–H and O–H groups in total. The first-order valence-corrected chi connectivity index (χ1v) is 12.2. The molecular weight excluding hydrogens is 441 g/mol. The number of sulfonamides is 1. The summed E-state index contributed by atoms with van der Waals surface area (Å²) < 4.78 is 46.7. The molecule has 0 bridgehead atoms. The van der Waals surface area contributed by atoms with E-state index >= 15 is 0 Å². The summed E-state index contributed by atoms with van der Waals surface area (Å²) in [6.45, 7) is 5.46. The average Bonchev–Trinajstić information content (AvgIpc) is 2.67. The molecule has 11 heteroatoms. The van der Waals surface area contributed by atoms with Gasteiger partial charge in [0.2, 0.25) is 15.9 Å². The Hall–Kier alpha value is -2.24. The maximum absolute atomic E-state index is 14.0. The van der Waals surface area contributed by atoms with Crippen molar-refractivity contribution in [1.29, 1.82) is 0 Å². The van der Waals surface area contributed by atoms with E-state index < -0.39 is 33.5 Å². The molecule has 1 unspecified atom stereocenters. The molecule has 0 radical (unpaired) electrons. The van der Waals surface area contributed by atoms with E-state index in [4.69, 9.17) is 4.74 Å². The van der Waals surface area contributed by atoms with Crippen LogP contribution < -0.4 is 14.8 Å². The second-order valence-electron chi connectivity index (χ2n) is 8.60. The van der Waals surface area contributed by atoms with E-state index in [0.717, 1.165) is 0 Å². The molecule has 3 amide bonds. The van der Waals surface area contributed by atoms with Crippen molar-refractivity contribution in [2.24, 2.45) is 0 Å². The van der Waals surface area contributed by atoms with Crippen molar-refractivity contribution in [3.8, 4) is 5.75 Å². The van der Waals surface area contributed by atoms with Crippen LogP contribution in [0.4, 0.5) is 9.18 Å². The predicted octanol–water partition coefficient (Wildman–Crippen LogP) is 2.07. The molecule has 1 aromatic rings. The highest BCUT2D eigenvalue weighted by Gasteiger charge is 2.22. The van der Waals surface area contributed by atoms with Crippen molar-refractivity contribution in [1.82, 2.24) is 14.9 Å². The Labute approximate surface area is 188 Å². The lowest BCUT2D eigenvalue weighted by Gasteiger charge is -2.26. The van der Waals surface area contributed by atoms with Crippen LogP contribution in [0.5, 0.6) is 5.75 Å². The summed E-state index contributed by atoms with van der Waals surface area (Å²) in [5.41, 5.74) is -0.600. The van der Waals surface area contributed by atoms with Crippen LogP contribution in [0.3, 0.4) is 0 Å². The third-order valence-corrected chi connectivity index (χ3v) is 6.41. The van der Waals surface area contributed by atoms with Gasteiger partial charge in [-0.1, -0.05) is 12.5 Å². The summed E-state index contributed by atoms with van der Waals surface area (Å²) in [5, 5.41) is 12.0. The number of nitrogens with zero attached hydrogens (tertiary/aromatic N) is 1. The number of ether oxygens (including phenoxy) is 1. The van der Waals surface area contributed by atoms with Gasteiger partial charge in [0.15, 0.2) is 11.6 Å².